The van der Waals surface area contributed by atoms with Gasteiger partial charge >= 0.3 is 7.12 Å². The maximum absolute atomic E-state index is 9.31. The lowest BCUT2D eigenvalue weighted by Crippen LogP contribution is -2.36. The minimum Gasteiger partial charge on any atom is -0.423 e. The van der Waals surface area contributed by atoms with Gasteiger partial charge in [-0.05, 0) is 53.4 Å². The first-order valence-corrected chi connectivity index (χ1v) is 9.56. The third kappa shape index (κ3) is 3.86. The van der Waals surface area contributed by atoms with Gasteiger partial charge in [0.15, 0.2) is 0 Å². The molecule has 0 unspecified atom stereocenters. The number of benzene rings is 2. The van der Waals surface area contributed by atoms with Gasteiger partial charge in [-0.25, -0.2) is 0 Å². The third-order valence-corrected chi connectivity index (χ3v) is 5.75. The Morgan fingerprint density at radius 3 is 2.54 bits per heavy atom. The Labute approximate surface area is 157 Å². The highest BCUT2D eigenvalue weighted by molar-refractivity contribution is 7.27. The summed E-state index contributed by atoms with van der Waals surface area (Å²) in [5.41, 5.74) is 3.47. The van der Waals surface area contributed by atoms with Gasteiger partial charge in [-0.2, -0.15) is 0 Å². The summed E-state index contributed by atoms with van der Waals surface area (Å²) in [5, 5.41) is 23.1. The molecule has 2 heterocycles. The number of fused-ring (bicyclic) bond motifs is 1. The molecule has 7 heteroatoms. The number of hydrogen-bond donors (Lipinski definition) is 3. The van der Waals surface area contributed by atoms with Crippen molar-refractivity contribution in [1.82, 2.24) is 0 Å². The first kappa shape index (κ1) is 17.4. The van der Waals surface area contributed by atoms with Gasteiger partial charge in [0.2, 0.25) is 0 Å². The second-order valence-corrected chi connectivity index (χ2v) is 7.51. The van der Waals surface area contributed by atoms with Crippen LogP contribution in [0.3, 0.4) is 0 Å². The van der Waals surface area contributed by atoms with Crippen molar-refractivity contribution >= 4 is 44.7 Å². The molecule has 1 saturated heterocycles. The summed E-state index contributed by atoms with van der Waals surface area (Å²) in [5.74, 6) is 0. The predicted octanol–water partition coefficient (Wildman–Crippen LogP) is 2.03. The molecule has 5 nitrogen and oxygen atoms in total. The molecule has 1 aliphatic heterocycles. The summed E-state index contributed by atoms with van der Waals surface area (Å²) >= 11 is 1.41. The topological polar surface area (TPSA) is 65.0 Å². The molecule has 3 N–H and O–H groups in total. The van der Waals surface area contributed by atoms with E-state index in [1.54, 1.807) is 0 Å². The van der Waals surface area contributed by atoms with Crippen LogP contribution in [-0.2, 0) is 11.3 Å². The first-order chi connectivity index (χ1) is 12.7. The monoisotopic (exact) mass is 368 g/mol. The highest BCUT2D eigenvalue weighted by atomic mass is 32.1. The fourth-order valence-electron chi connectivity index (χ4n) is 3.17. The predicted molar refractivity (Wildman–Crippen MR) is 108 cm³/mol. The van der Waals surface area contributed by atoms with Gasteiger partial charge in [0.1, 0.15) is 0 Å². The van der Waals surface area contributed by atoms with Gasteiger partial charge in [-0.15, -0.1) is 11.3 Å². The van der Waals surface area contributed by atoms with Crippen LogP contribution >= 0.6 is 11.3 Å². The maximum atomic E-state index is 9.31. The summed E-state index contributed by atoms with van der Waals surface area (Å²) in [6, 6.07) is 16.5. The van der Waals surface area contributed by atoms with Gasteiger partial charge in [0, 0.05) is 40.5 Å². The normalized spacial score (nSPS) is 14.6. The van der Waals surface area contributed by atoms with Crippen molar-refractivity contribution in [2.75, 3.05) is 36.5 Å². The number of thiophene rings is 1. The second-order valence-electron chi connectivity index (χ2n) is 6.39. The third-order valence-electron chi connectivity index (χ3n) is 4.59. The van der Waals surface area contributed by atoms with Gasteiger partial charge in [0.25, 0.3) is 0 Å². The summed E-state index contributed by atoms with van der Waals surface area (Å²) in [4.78, 5) is 2.34. The fraction of sp³-hybridized carbons (Fsp3) is 0.263. The molecular weight excluding hydrogens is 347 g/mol. The zero-order valence-electron chi connectivity index (χ0n) is 14.4. The molecule has 0 saturated carbocycles. The Bertz CT molecular complexity index is 876. The summed E-state index contributed by atoms with van der Waals surface area (Å²) < 4.78 is 7.03. The molecule has 3 aromatic rings. The Morgan fingerprint density at radius 1 is 1.04 bits per heavy atom. The van der Waals surface area contributed by atoms with Crippen molar-refractivity contribution in [3.63, 3.8) is 0 Å². The number of morpholine rings is 1. The Hall–Kier alpha value is -2.06. The SMILES string of the molecule is OB(O)c1cc2cc(CNc3ccc(N4CCOCC4)cc3)ccc2s1. The highest BCUT2D eigenvalue weighted by Crippen LogP contribution is 2.22. The van der Waals surface area contributed by atoms with E-state index in [2.05, 4.69) is 46.6 Å². The molecule has 1 fully saturated rings. The molecule has 0 radical (unpaired) electrons. The van der Waals surface area contributed by atoms with Crippen LogP contribution < -0.4 is 15.0 Å². The van der Waals surface area contributed by atoms with Crippen molar-refractivity contribution in [3.05, 3.63) is 54.1 Å². The average molecular weight is 368 g/mol. The van der Waals surface area contributed by atoms with E-state index in [1.807, 2.05) is 12.1 Å². The van der Waals surface area contributed by atoms with E-state index in [1.165, 1.54) is 17.0 Å². The van der Waals surface area contributed by atoms with Gasteiger partial charge in [0.05, 0.1) is 13.2 Å². The smallest absolute Gasteiger partial charge is 0.423 e. The molecule has 26 heavy (non-hydrogen) atoms. The van der Waals surface area contributed by atoms with Crippen molar-refractivity contribution in [3.8, 4) is 0 Å². The Kier molecular flexibility index (Phi) is 5.13. The van der Waals surface area contributed by atoms with Crippen molar-refractivity contribution in [2.24, 2.45) is 0 Å². The Morgan fingerprint density at radius 2 is 1.81 bits per heavy atom. The van der Waals surface area contributed by atoms with Crippen LogP contribution in [0.5, 0.6) is 0 Å². The molecule has 134 valence electrons. The molecule has 0 aliphatic carbocycles. The molecule has 1 aliphatic rings. The molecule has 0 amide bonds. The lowest BCUT2D eigenvalue weighted by Gasteiger charge is -2.28. The summed E-state index contributed by atoms with van der Waals surface area (Å²) in [6.45, 7) is 4.19. The number of anilines is 2. The van der Waals surface area contributed by atoms with E-state index >= 15 is 0 Å². The largest absolute Gasteiger partial charge is 0.499 e. The quantitative estimate of drug-likeness (QED) is 0.602. The number of nitrogens with one attached hydrogen (secondary N) is 1. The van der Waals surface area contributed by atoms with Crippen LogP contribution in [0.4, 0.5) is 11.4 Å². The van der Waals surface area contributed by atoms with E-state index in [0.717, 1.165) is 54.2 Å². The Balaban J connectivity index is 1.41. The van der Waals surface area contributed by atoms with Gasteiger partial charge < -0.3 is 25.0 Å². The molecular formula is C19H21BN2O3S. The zero-order valence-corrected chi connectivity index (χ0v) is 15.2. The molecule has 4 rings (SSSR count). The van der Waals surface area contributed by atoms with E-state index in [9.17, 15) is 10.0 Å². The lowest BCUT2D eigenvalue weighted by molar-refractivity contribution is 0.122. The number of hydrogen-bond acceptors (Lipinski definition) is 6. The summed E-state index contributed by atoms with van der Waals surface area (Å²) in [6.07, 6.45) is 0. The number of rotatable bonds is 5. The van der Waals surface area contributed by atoms with E-state index in [0.29, 0.717) is 4.78 Å². The maximum Gasteiger partial charge on any atom is 0.499 e. The van der Waals surface area contributed by atoms with Gasteiger partial charge in [-0.1, -0.05) is 6.07 Å². The standard InChI is InChI=1S/C19H21BN2O3S/c23-20(24)19-12-15-11-14(1-6-18(15)26-19)13-21-16-2-4-17(5-3-16)22-7-9-25-10-8-22/h1-6,11-12,21,23-24H,7-10,13H2. The minimum atomic E-state index is -1.40. The molecule has 1 aromatic heterocycles. The van der Waals surface area contributed by atoms with Crippen molar-refractivity contribution in [1.29, 1.82) is 0 Å². The van der Waals surface area contributed by atoms with Crippen LogP contribution in [0, 0.1) is 0 Å². The molecule has 0 bridgehead atoms. The van der Waals surface area contributed by atoms with Crippen molar-refractivity contribution in [2.45, 2.75) is 6.54 Å². The van der Waals surface area contributed by atoms with Crippen LogP contribution in [0.2, 0.25) is 0 Å². The highest BCUT2D eigenvalue weighted by Gasteiger charge is 2.14. The number of ether oxygens (including phenoxy) is 1. The van der Waals surface area contributed by atoms with Crippen LogP contribution in [-0.4, -0.2) is 43.5 Å². The average Bonchev–Trinajstić information content (AvgIpc) is 3.11. The van der Waals surface area contributed by atoms with E-state index in [4.69, 9.17) is 4.74 Å². The van der Waals surface area contributed by atoms with E-state index in [-0.39, 0.29) is 0 Å². The molecule has 0 atom stereocenters. The first-order valence-electron chi connectivity index (χ1n) is 8.74. The second kappa shape index (κ2) is 7.67. The summed E-state index contributed by atoms with van der Waals surface area (Å²) in [7, 11) is -1.40. The molecule has 0 spiro atoms. The fourth-order valence-corrected chi connectivity index (χ4v) is 4.08. The van der Waals surface area contributed by atoms with Crippen LogP contribution in [0.25, 0.3) is 10.1 Å². The van der Waals surface area contributed by atoms with Crippen LogP contribution in [0.15, 0.2) is 48.5 Å². The molecule has 2 aromatic carbocycles. The van der Waals surface area contributed by atoms with Crippen molar-refractivity contribution < 1.29 is 14.8 Å². The van der Waals surface area contributed by atoms with Gasteiger partial charge in [-0.3, -0.25) is 0 Å². The number of nitrogens with zero attached hydrogens (tertiary/aromatic N) is 1. The zero-order chi connectivity index (χ0) is 17.9. The lowest BCUT2D eigenvalue weighted by atomic mass is 9.89. The minimum absolute atomic E-state index is 0.573. The van der Waals surface area contributed by atoms with Crippen LogP contribution in [0.1, 0.15) is 5.56 Å². The van der Waals surface area contributed by atoms with E-state index < -0.39 is 7.12 Å².